The number of benzene rings is 2. The van der Waals surface area contributed by atoms with Crippen molar-refractivity contribution in [3.8, 4) is 0 Å². The lowest BCUT2D eigenvalue weighted by molar-refractivity contribution is 0.654. The van der Waals surface area contributed by atoms with Gasteiger partial charge >= 0.3 is 0 Å². The van der Waals surface area contributed by atoms with Gasteiger partial charge in [0.25, 0.3) is 0 Å². The second-order valence-corrected chi connectivity index (χ2v) is 5.29. The first-order valence-corrected chi connectivity index (χ1v) is 6.50. The Kier molecular flexibility index (Phi) is 2.52. The Balaban J connectivity index is 2.66. The van der Waals surface area contributed by atoms with E-state index in [1.165, 1.54) is 0 Å². The Bertz CT molecular complexity index is 831. The highest BCUT2D eigenvalue weighted by Crippen LogP contribution is 2.27. The lowest BCUT2D eigenvalue weighted by Gasteiger charge is -2.07. The molecule has 0 radical (unpaired) electrons. The van der Waals surface area contributed by atoms with Gasteiger partial charge < -0.3 is 4.42 Å². The molecule has 0 N–H and O–H groups in total. The SMILES string of the molecule is Cc1ccc2c(=O)c3cccc(Br)c3oc2c1C. The van der Waals surface area contributed by atoms with Crippen LogP contribution in [0.15, 0.2) is 44.0 Å². The first-order valence-electron chi connectivity index (χ1n) is 5.71. The number of hydrogen-bond donors (Lipinski definition) is 0. The predicted octanol–water partition coefficient (Wildman–Crippen LogP) is 4.33. The Morgan fingerprint density at radius 3 is 2.50 bits per heavy atom. The van der Waals surface area contributed by atoms with E-state index in [0.29, 0.717) is 21.9 Å². The summed E-state index contributed by atoms with van der Waals surface area (Å²) < 4.78 is 6.73. The van der Waals surface area contributed by atoms with Crippen molar-refractivity contribution >= 4 is 37.9 Å². The summed E-state index contributed by atoms with van der Waals surface area (Å²) in [5.74, 6) is 0. The first kappa shape index (κ1) is 11.5. The topological polar surface area (TPSA) is 30.2 Å². The molecule has 90 valence electrons. The van der Waals surface area contributed by atoms with Gasteiger partial charge in [-0.25, -0.2) is 0 Å². The van der Waals surface area contributed by atoms with Crippen molar-refractivity contribution in [3.05, 3.63) is 56.2 Å². The molecular weight excluding hydrogens is 292 g/mol. The zero-order chi connectivity index (χ0) is 12.9. The molecule has 0 saturated carbocycles. The highest BCUT2D eigenvalue weighted by atomic mass is 79.9. The molecule has 0 unspecified atom stereocenters. The third-order valence-corrected chi connectivity index (χ3v) is 3.96. The number of halogens is 1. The molecular formula is C15H11BrO2. The molecule has 18 heavy (non-hydrogen) atoms. The molecule has 0 aliphatic rings. The van der Waals surface area contributed by atoms with Crippen LogP contribution in [0, 0.1) is 13.8 Å². The van der Waals surface area contributed by atoms with Crippen molar-refractivity contribution in [2.24, 2.45) is 0 Å². The maximum absolute atomic E-state index is 12.4. The van der Waals surface area contributed by atoms with Crippen LogP contribution in [0.4, 0.5) is 0 Å². The summed E-state index contributed by atoms with van der Waals surface area (Å²) in [6, 6.07) is 9.31. The molecule has 2 aromatic carbocycles. The fraction of sp³-hybridized carbons (Fsp3) is 0.133. The summed E-state index contributed by atoms with van der Waals surface area (Å²) in [7, 11) is 0. The van der Waals surface area contributed by atoms with Gasteiger partial charge in [-0.05, 0) is 59.1 Å². The Morgan fingerprint density at radius 2 is 1.72 bits per heavy atom. The van der Waals surface area contributed by atoms with Crippen molar-refractivity contribution in [2.45, 2.75) is 13.8 Å². The van der Waals surface area contributed by atoms with Crippen molar-refractivity contribution in [2.75, 3.05) is 0 Å². The molecule has 0 aliphatic heterocycles. The highest BCUT2D eigenvalue weighted by Gasteiger charge is 2.12. The summed E-state index contributed by atoms with van der Waals surface area (Å²) >= 11 is 3.43. The van der Waals surface area contributed by atoms with E-state index in [1.54, 1.807) is 6.07 Å². The van der Waals surface area contributed by atoms with Gasteiger partial charge in [0, 0.05) is 0 Å². The minimum absolute atomic E-state index is 0.0238. The van der Waals surface area contributed by atoms with Crippen molar-refractivity contribution < 1.29 is 4.42 Å². The van der Waals surface area contributed by atoms with Crippen LogP contribution in [0.2, 0.25) is 0 Å². The van der Waals surface area contributed by atoms with Crippen LogP contribution in [0.1, 0.15) is 11.1 Å². The number of aryl methyl sites for hydroxylation is 2. The van der Waals surface area contributed by atoms with Gasteiger partial charge in [-0.3, -0.25) is 4.79 Å². The van der Waals surface area contributed by atoms with Crippen molar-refractivity contribution in [3.63, 3.8) is 0 Å². The third-order valence-electron chi connectivity index (χ3n) is 3.34. The van der Waals surface area contributed by atoms with E-state index in [9.17, 15) is 4.79 Å². The Morgan fingerprint density at radius 1 is 1.00 bits per heavy atom. The molecule has 0 saturated heterocycles. The average Bonchev–Trinajstić information content (AvgIpc) is 2.36. The minimum atomic E-state index is 0.0238. The van der Waals surface area contributed by atoms with Crippen LogP contribution < -0.4 is 5.43 Å². The molecule has 2 nitrogen and oxygen atoms in total. The first-order chi connectivity index (χ1) is 8.59. The van der Waals surface area contributed by atoms with Crippen molar-refractivity contribution in [1.82, 2.24) is 0 Å². The fourth-order valence-electron chi connectivity index (χ4n) is 2.14. The Hall–Kier alpha value is -1.61. The lowest BCUT2D eigenvalue weighted by atomic mass is 10.0. The predicted molar refractivity (Wildman–Crippen MR) is 77.2 cm³/mol. The van der Waals surface area contributed by atoms with E-state index >= 15 is 0 Å². The maximum Gasteiger partial charge on any atom is 0.200 e. The molecule has 1 aromatic heterocycles. The van der Waals surface area contributed by atoms with Gasteiger partial charge in [-0.1, -0.05) is 12.1 Å². The van der Waals surface area contributed by atoms with Gasteiger partial charge in [-0.15, -0.1) is 0 Å². The molecule has 0 atom stereocenters. The van der Waals surface area contributed by atoms with E-state index in [4.69, 9.17) is 4.42 Å². The van der Waals surface area contributed by atoms with Crippen LogP contribution in [0.5, 0.6) is 0 Å². The summed E-state index contributed by atoms with van der Waals surface area (Å²) in [6.45, 7) is 3.99. The van der Waals surface area contributed by atoms with E-state index in [2.05, 4.69) is 15.9 Å². The van der Waals surface area contributed by atoms with Crippen molar-refractivity contribution in [1.29, 1.82) is 0 Å². The van der Waals surface area contributed by atoms with Gasteiger partial charge in [0.05, 0.1) is 15.2 Å². The molecule has 0 spiro atoms. The standard InChI is InChI=1S/C15H11BrO2/c1-8-6-7-11-13(17)10-4-3-5-12(16)15(10)18-14(11)9(8)2/h3-7H,1-2H3. The second-order valence-electron chi connectivity index (χ2n) is 4.43. The molecule has 0 aliphatic carbocycles. The quantitative estimate of drug-likeness (QED) is 0.579. The number of para-hydroxylation sites is 1. The summed E-state index contributed by atoms with van der Waals surface area (Å²) in [4.78, 5) is 12.4. The van der Waals surface area contributed by atoms with Gasteiger partial charge in [0.2, 0.25) is 5.43 Å². The van der Waals surface area contributed by atoms with Gasteiger partial charge in [0.15, 0.2) is 5.58 Å². The van der Waals surface area contributed by atoms with E-state index in [1.807, 2.05) is 38.1 Å². The maximum atomic E-state index is 12.4. The van der Waals surface area contributed by atoms with Gasteiger partial charge in [-0.2, -0.15) is 0 Å². The van der Waals surface area contributed by atoms with Crippen LogP contribution in [0.25, 0.3) is 21.9 Å². The molecule has 1 heterocycles. The summed E-state index contributed by atoms with van der Waals surface area (Å²) in [5.41, 5.74) is 3.46. The van der Waals surface area contributed by atoms with E-state index in [0.717, 1.165) is 15.6 Å². The summed E-state index contributed by atoms with van der Waals surface area (Å²) in [5, 5.41) is 1.25. The van der Waals surface area contributed by atoms with Crippen LogP contribution >= 0.6 is 15.9 Å². The molecule has 3 heteroatoms. The normalized spacial score (nSPS) is 11.3. The minimum Gasteiger partial charge on any atom is -0.454 e. The Labute approximate surface area is 112 Å². The monoisotopic (exact) mass is 302 g/mol. The summed E-state index contributed by atoms with van der Waals surface area (Å²) in [6.07, 6.45) is 0. The smallest absolute Gasteiger partial charge is 0.200 e. The molecule has 3 rings (SSSR count). The fourth-order valence-corrected chi connectivity index (χ4v) is 2.59. The van der Waals surface area contributed by atoms with E-state index in [-0.39, 0.29) is 5.43 Å². The number of fused-ring (bicyclic) bond motifs is 2. The van der Waals surface area contributed by atoms with Crippen LogP contribution in [0.3, 0.4) is 0 Å². The molecule has 3 aromatic rings. The number of rotatable bonds is 0. The highest BCUT2D eigenvalue weighted by molar-refractivity contribution is 9.10. The van der Waals surface area contributed by atoms with Crippen LogP contribution in [-0.2, 0) is 0 Å². The lowest BCUT2D eigenvalue weighted by Crippen LogP contribution is -2.03. The average molecular weight is 303 g/mol. The largest absolute Gasteiger partial charge is 0.454 e. The van der Waals surface area contributed by atoms with Crippen LogP contribution in [-0.4, -0.2) is 0 Å². The molecule has 0 amide bonds. The zero-order valence-corrected chi connectivity index (χ0v) is 11.7. The number of hydrogen-bond acceptors (Lipinski definition) is 2. The second kappa shape index (κ2) is 3.95. The van der Waals surface area contributed by atoms with Gasteiger partial charge in [0.1, 0.15) is 5.58 Å². The zero-order valence-electron chi connectivity index (χ0n) is 10.1. The molecule has 0 bridgehead atoms. The third kappa shape index (κ3) is 1.51. The molecule has 0 fully saturated rings. The van der Waals surface area contributed by atoms with E-state index < -0.39 is 0 Å².